The lowest BCUT2D eigenvalue weighted by Crippen LogP contribution is -2.45. The van der Waals surface area contributed by atoms with E-state index < -0.39 is 0 Å². The number of anilines is 1. The van der Waals surface area contributed by atoms with Gasteiger partial charge in [-0.25, -0.2) is 0 Å². The molecule has 1 atom stereocenters. The molecule has 5 nitrogen and oxygen atoms in total. The fraction of sp³-hybridized carbons (Fsp3) is 0.357. The molecular weight excluding hydrogens is 242 g/mol. The Morgan fingerprint density at radius 3 is 3.11 bits per heavy atom. The van der Waals surface area contributed by atoms with Gasteiger partial charge in [0.25, 0.3) is 5.56 Å². The number of hydrogen-bond acceptors (Lipinski definition) is 4. The third kappa shape index (κ3) is 2.77. The van der Waals surface area contributed by atoms with Gasteiger partial charge >= 0.3 is 0 Å². The first-order valence-electron chi connectivity index (χ1n) is 6.50. The zero-order valence-electron chi connectivity index (χ0n) is 10.6. The number of fused-ring (bicyclic) bond motifs is 1. The zero-order valence-corrected chi connectivity index (χ0v) is 10.6. The highest BCUT2D eigenvalue weighted by atomic mass is 16.5. The lowest BCUT2D eigenvalue weighted by Gasteiger charge is -2.24. The molecule has 3 rings (SSSR count). The maximum absolute atomic E-state index is 11.9. The second-order valence-corrected chi connectivity index (χ2v) is 4.71. The van der Waals surface area contributed by atoms with E-state index in [2.05, 4.69) is 15.6 Å². The Kier molecular flexibility index (Phi) is 3.48. The summed E-state index contributed by atoms with van der Waals surface area (Å²) in [6, 6.07) is 9.81. The van der Waals surface area contributed by atoms with Crippen molar-refractivity contribution < 1.29 is 4.74 Å². The highest BCUT2D eigenvalue weighted by molar-refractivity contribution is 5.83. The standard InChI is InChI=1S/C14H17N3O2/c18-14-12-4-2-1-3-10(12)7-13(17-14)16-8-11-9-19-6-5-15-11/h1-4,7,11,15H,5-6,8-9H2,(H2,16,17,18). The van der Waals surface area contributed by atoms with Gasteiger partial charge in [-0.15, -0.1) is 0 Å². The van der Waals surface area contributed by atoms with Crippen molar-refractivity contribution in [2.45, 2.75) is 6.04 Å². The monoisotopic (exact) mass is 259 g/mol. The van der Waals surface area contributed by atoms with E-state index in [1.165, 1.54) is 0 Å². The number of pyridine rings is 1. The van der Waals surface area contributed by atoms with Crippen LogP contribution in [0, 0.1) is 0 Å². The molecule has 0 bridgehead atoms. The summed E-state index contributed by atoms with van der Waals surface area (Å²) in [5.74, 6) is 0.746. The van der Waals surface area contributed by atoms with E-state index in [1.807, 2.05) is 30.3 Å². The Bertz CT molecular complexity index is 617. The van der Waals surface area contributed by atoms with Gasteiger partial charge < -0.3 is 20.4 Å². The number of aromatic amines is 1. The topological polar surface area (TPSA) is 66.2 Å². The van der Waals surface area contributed by atoms with Gasteiger partial charge in [0.05, 0.1) is 13.2 Å². The molecule has 1 saturated heterocycles. The predicted octanol–water partition coefficient (Wildman–Crippen LogP) is 0.928. The Balaban J connectivity index is 1.75. The maximum atomic E-state index is 11.9. The highest BCUT2D eigenvalue weighted by Gasteiger charge is 2.12. The lowest BCUT2D eigenvalue weighted by atomic mass is 10.2. The molecule has 100 valence electrons. The van der Waals surface area contributed by atoms with Crippen molar-refractivity contribution in [1.82, 2.24) is 10.3 Å². The Labute approximate surface area is 111 Å². The fourth-order valence-corrected chi connectivity index (χ4v) is 2.29. The van der Waals surface area contributed by atoms with Crippen LogP contribution in [0.4, 0.5) is 5.82 Å². The van der Waals surface area contributed by atoms with E-state index >= 15 is 0 Å². The smallest absolute Gasteiger partial charge is 0.257 e. The van der Waals surface area contributed by atoms with Crippen LogP contribution in [0.25, 0.3) is 10.8 Å². The molecule has 0 radical (unpaired) electrons. The number of benzene rings is 1. The van der Waals surface area contributed by atoms with Gasteiger partial charge in [-0.3, -0.25) is 4.79 Å². The van der Waals surface area contributed by atoms with Crippen molar-refractivity contribution in [3.05, 3.63) is 40.7 Å². The van der Waals surface area contributed by atoms with Gasteiger partial charge in [-0.05, 0) is 17.5 Å². The molecule has 1 fully saturated rings. The minimum absolute atomic E-state index is 0.0616. The molecule has 0 aliphatic carbocycles. The molecule has 1 aliphatic heterocycles. The van der Waals surface area contributed by atoms with Crippen molar-refractivity contribution in [2.75, 3.05) is 31.6 Å². The van der Waals surface area contributed by atoms with Crippen molar-refractivity contribution >= 4 is 16.6 Å². The maximum Gasteiger partial charge on any atom is 0.257 e. The van der Waals surface area contributed by atoms with E-state index in [0.717, 1.165) is 30.9 Å². The van der Waals surface area contributed by atoms with Crippen LogP contribution in [0.15, 0.2) is 35.1 Å². The molecular formula is C14H17N3O2. The van der Waals surface area contributed by atoms with Crippen LogP contribution in [0.1, 0.15) is 0 Å². The number of aromatic nitrogens is 1. The highest BCUT2D eigenvalue weighted by Crippen LogP contribution is 2.12. The summed E-state index contributed by atoms with van der Waals surface area (Å²) in [6.45, 7) is 3.07. The van der Waals surface area contributed by atoms with Crippen molar-refractivity contribution in [2.24, 2.45) is 0 Å². The molecule has 2 heterocycles. The van der Waals surface area contributed by atoms with Crippen molar-refractivity contribution in [3.63, 3.8) is 0 Å². The minimum Gasteiger partial charge on any atom is -0.378 e. The Morgan fingerprint density at radius 2 is 2.26 bits per heavy atom. The van der Waals surface area contributed by atoms with Crippen LogP contribution in [-0.4, -0.2) is 37.3 Å². The predicted molar refractivity (Wildman–Crippen MR) is 75.7 cm³/mol. The third-order valence-electron chi connectivity index (χ3n) is 3.29. The first-order valence-corrected chi connectivity index (χ1v) is 6.50. The molecule has 2 aromatic rings. The fourth-order valence-electron chi connectivity index (χ4n) is 2.29. The summed E-state index contributed by atoms with van der Waals surface area (Å²) in [5, 5.41) is 8.27. The van der Waals surface area contributed by atoms with Gasteiger partial charge in [-0.1, -0.05) is 18.2 Å². The molecule has 0 spiro atoms. The number of hydrogen-bond donors (Lipinski definition) is 3. The quantitative estimate of drug-likeness (QED) is 0.767. The van der Waals surface area contributed by atoms with Crippen LogP contribution >= 0.6 is 0 Å². The van der Waals surface area contributed by atoms with Crippen molar-refractivity contribution in [3.8, 4) is 0 Å². The molecule has 0 amide bonds. The van der Waals surface area contributed by atoms with Crippen molar-refractivity contribution in [1.29, 1.82) is 0 Å². The normalized spacial score (nSPS) is 19.5. The minimum atomic E-state index is -0.0616. The average Bonchev–Trinajstić information content (AvgIpc) is 2.46. The van der Waals surface area contributed by atoms with Gasteiger partial charge in [0.1, 0.15) is 5.82 Å². The van der Waals surface area contributed by atoms with E-state index in [1.54, 1.807) is 0 Å². The van der Waals surface area contributed by atoms with Gasteiger partial charge in [-0.2, -0.15) is 0 Å². The first-order chi connectivity index (χ1) is 9.33. The van der Waals surface area contributed by atoms with Gasteiger partial charge in [0.15, 0.2) is 0 Å². The Hall–Kier alpha value is -1.85. The summed E-state index contributed by atoms with van der Waals surface area (Å²) in [5.41, 5.74) is -0.0616. The second-order valence-electron chi connectivity index (χ2n) is 4.71. The largest absolute Gasteiger partial charge is 0.378 e. The van der Waals surface area contributed by atoms with E-state index in [0.29, 0.717) is 12.0 Å². The number of H-pyrrole nitrogens is 1. The van der Waals surface area contributed by atoms with Crippen LogP contribution in [0.2, 0.25) is 0 Å². The average molecular weight is 259 g/mol. The molecule has 0 saturated carbocycles. The molecule has 19 heavy (non-hydrogen) atoms. The number of rotatable bonds is 3. The summed E-state index contributed by atoms with van der Waals surface area (Å²) in [6.07, 6.45) is 0. The number of ether oxygens (including phenoxy) is 1. The Morgan fingerprint density at radius 1 is 1.37 bits per heavy atom. The SMILES string of the molecule is O=c1[nH]c(NCC2COCCN2)cc2ccccc12. The van der Waals surface area contributed by atoms with Crippen LogP contribution in [-0.2, 0) is 4.74 Å². The molecule has 3 N–H and O–H groups in total. The van der Waals surface area contributed by atoms with E-state index in [9.17, 15) is 4.79 Å². The molecule has 1 aromatic heterocycles. The zero-order chi connectivity index (χ0) is 13.1. The lowest BCUT2D eigenvalue weighted by molar-refractivity contribution is 0.0806. The van der Waals surface area contributed by atoms with Gasteiger partial charge in [0, 0.05) is 24.5 Å². The van der Waals surface area contributed by atoms with Crippen LogP contribution in [0.3, 0.4) is 0 Å². The molecule has 5 heteroatoms. The van der Waals surface area contributed by atoms with Crippen LogP contribution < -0.4 is 16.2 Å². The first kappa shape index (κ1) is 12.2. The number of morpholine rings is 1. The molecule has 1 aliphatic rings. The molecule has 1 aromatic carbocycles. The second kappa shape index (κ2) is 5.42. The summed E-state index contributed by atoms with van der Waals surface area (Å²) < 4.78 is 5.39. The summed E-state index contributed by atoms with van der Waals surface area (Å²) >= 11 is 0. The summed E-state index contributed by atoms with van der Waals surface area (Å²) in [7, 11) is 0. The summed E-state index contributed by atoms with van der Waals surface area (Å²) in [4.78, 5) is 14.8. The van der Waals surface area contributed by atoms with Gasteiger partial charge in [0.2, 0.25) is 0 Å². The van der Waals surface area contributed by atoms with Crippen LogP contribution in [0.5, 0.6) is 0 Å². The molecule has 1 unspecified atom stereocenters. The van der Waals surface area contributed by atoms with E-state index in [4.69, 9.17) is 4.74 Å². The number of nitrogens with one attached hydrogen (secondary N) is 3. The van der Waals surface area contributed by atoms with E-state index in [-0.39, 0.29) is 11.6 Å². The third-order valence-corrected chi connectivity index (χ3v) is 3.29.